The summed E-state index contributed by atoms with van der Waals surface area (Å²) in [4.78, 5) is 11.4. The van der Waals surface area contributed by atoms with Crippen LogP contribution in [0.1, 0.15) is 52.9 Å². The molecule has 3 atom stereocenters. The van der Waals surface area contributed by atoms with Gasteiger partial charge in [-0.25, -0.2) is 4.79 Å². The number of esters is 1. The molecule has 3 heteroatoms. The zero-order chi connectivity index (χ0) is 14.4. The summed E-state index contributed by atoms with van der Waals surface area (Å²) < 4.78 is 4.75. The molecule has 0 fully saturated rings. The first-order chi connectivity index (χ1) is 8.93. The number of carbonyl (C=O) groups is 1. The number of hydrogen-bond acceptors (Lipinski definition) is 3. The Labute approximate surface area is 117 Å². The summed E-state index contributed by atoms with van der Waals surface area (Å²) >= 11 is 0. The van der Waals surface area contributed by atoms with Crippen molar-refractivity contribution in [2.75, 3.05) is 7.11 Å². The normalized spacial score (nSPS) is 22.8. The van der Waals surface area contributed by atoms with Crippen molar-refractivity contribution < 1.29 is 14.6 Å². The van der Waals surface area contributed by atoms with E-state index in [9.17, 15) is 9.90 Å². The van der Waals surface area contributed by atoms with E-state index in [0.29, 0.717) is 17.8 Å². The van der Waals surface area contributed by atoms with Crippen LogP contribution in [0.5, 0.6) is 0 Å². The SMILES string of the molecule is COC(=O)C1=CC[C@H]([C@@H](C)C[C@H](O)CC(C)C)CC1. The Morgan fingerprint density at radius 3 is 2.58 bits per heavy atom. The van der Waals surface area contributed by atoms with Gasteiger partial charge < -0.3 is 9.84 Å². The van der Waals surface area contributed by atoms with Crippen LogP contribution in [0.4, 0.5) is 0 Å². The third-order valence-corrected chi connectivity index (χ3v) is 4.09. The number of aliphatic hydroxyl groups is 1. The molecule has 0 amide bonds. The molecule has 0 saturated heterocycles. The van der Waals surface area contributed by atoms with Gasteiger partial charge in [-0.2, -0.15) is 0 Å². The summed E-state index contributed by atoms with van der Waals surface area (Å²) in [7, 11) is 1.43. The Morgan fingerprint density at radius 1 is 1.42 bits per heavy atom. The number of rotatable bonds is 6. The Morgan fingerprint density at radius 2 is 2.11 bits per heavy atom. The van der Waals surface area contributed by atoms with Gasteiger partial charge in [-0.1, -0.05) is 26.8 Å². The Hall–Kier alpha value is -0.830. The van der Waals surface area contributed by atoms with Crippen LogP contribution in [0, 0.1) is 17.8 Å². The number of carbonyl (C=O) groups excluding carboxylic acids is 1. The lowest BCUT2D eigenvalue weighted by atomic mass is 9.78. The lowest BCUT2D eigenvalue weighted by molar-refractivity contribution is -0.136. The molecule has 0 aliphatic heterocycles. The van der Waals surface area contributed by atoms with Crippen molar-refractivity contribution in [1.29, 1.82) is 0 Å². The topological polar surface area (TPSA) is 46.5 Å². The number of methoxy groups -OCH3 is 1. The lowest BCUT2D eigenvalue weighted by Crippen LogP contribution is -2.22. The van der Waals surface area contributed by atoms with Gasteiger partial charge in [-0.15, -0.1) is 0 Å². The van der Waals surface area contributed by atoms with Crippen molar-refractivity contribution in [2.45, 2.75) is 59.0 Å². The highest BCUT2D eigenvalue weighted by atomic mass is 16.5. The Balaban J connectivity index is 2.42. The van der Waals surface area contributed by atoms with Crippen molar-refractivity contribution >= 4 is 5.97 Å². The van der Waals surface area contributed by atoms with Crippen molar-refractivity contribution in [3.8, 4) is 0 Å². The van der Waals surface area contributed by atoms with E-state index < -0.39 is 0 Å². The summed E-state index contributed by atoms with van der Waals surface area (Å²) in [6.45, 7) is 6.49. The fourth-order valence-electron chi connectivity index (χ4n) is 2.95. The standard InChI is InChI=1S/C16H28O3/c1-11(2)9-15(17)10-12(3)13-5-7-14(8-6-13)16(18)19-4/h7,11-13,15,17H,5-6,8-10H2,1-4H3/t12-,13-,15+/m0/s1. The molecule has 1 aliphatic carbocycles. The molecule has 1 N–H and O–H groups in total. The van der Waals surface area contributed by atoms with E-state index in [2.05, 4.69) is 20.8 Å². The first kappa shape index (κ1) is 16.2. The van der Waals surface area contributed by atoms with E-state index in [1.807, 2.05) is 6.08 Å². The molecule has 0 bridgehead atoms. The maximum Gasteiger partial charge on any atom is 0.333 e. The maximum atomic E-state index is 11.4. The van der Waals surface area contributed by atoms with E-state index in [-0.39, 0.29) is 12.1 Å². The van der Waals surface area contributed by atoms with Crippen molar-refractivity contribution in [3.05, 3.63) is 11.6 Å². The molecule has 1 rings (SSSR count). The summed E-state index contributed by atoms with van der Waals surface area (Å²) in [6, 6.07) is 0. The van der Waals surface area contributed by atoms with Gasteiger partial charge >= 0.3 is 5.97 Å². The number of aliphatic hydroxyl groups excluding tert-OH is 1. The third kappa shape index (κ3) is 5.35. The molecule has 1 aliphatic rings. The van der Waals surface area contributed by atoms with Crippen LogP contribution in [-0.2, 0) is 9.53 Å². The molecule has 0 heterocycles. The first-order valence-electron chi connectivity index (χ1n) is 7.39. The molecule has 3 nitrogen and oxygen atoms in total. The van der Waals surface area contributed by atoms with Gasteiger partial charge in [0.1, 0.15) is 0 Å². The molecule has 0 aromatic heterocycles. The number of ether oxygens (including phenoxy) is 1. The van der Waals surface area contributed by atoms with Gasteiger partial charge in [0.25, 0.3) is 0 Å². The second kappa shape index (κ2) is 7.68. The van der Waals surface area contributed by atoms with Gasteiger partial charge in [0, 0.05) is 5.57 Å². The molecule has 0 radical (unpaired) electrons. The lowest BCUT2D eigenvalue weighted by Gasteiger charge is -2.28. The largest absolute Gasteiger partial charge is 0.466 e. The highest BCUT2D eigenvalue weighted by molar-refractivity contribution is 5.88. The van der Waals surface area contributed by atoms with Gasteiger partial charge in [0.15, 0.2) is 0 Å². The summed E-state index contributed by atoms with van der Waals surface area (Å²) in [5, 5.41) is 10.0. The van der Waals surface area contributed by atoms with Crippen LogP contribution in [0.15, 0.2) is 11.6 Å². The van der Waals surface area contributed by atoms with Crippen LogP contribution >= 0.6 is 0 Å². The average Bonchev–Trinajstić information content (AvgIpc) is 2.36. The molecule has 0 spiro atoms. The van der Waals surface area contributed by atoms with Crippen molar-refractivity contribution in [3.63, 3.8) is 0 Å². The van der Waals surface area contributed by atoms with E-state index in [4.69, 9.17) is 4.74 Å². The fraction of sp³-hybridized carbons (Fsp3) is 0.812. The quantitative estimate of drug-likeness (QED) is 0.752. The first-order valence-corrected chi connectivity index (χ1v) is 7.39. The van der Waals surface area contributed by atoms with E-state index >= 15 is 0 Å². The van der Waals surface area contributed by atoms with Crippen LogP contribution < -0.4 is 0 Å². The van der Waals surface area contributed by atoms with Gasteiger partial charge in [0.2, 0.25) is 0 Å². The fourth-order valence-corrected chi connectivity index (χ4v) is 2.95. The molecule has 19 heavy (non-hydrogen) atoms. The van der Waals surface area contributed by atoms with Crippen LogP contribution in [-0.4, -0.2) is 24.3 Å². The zero-order valence-corrected chi connectivity index (χ0v) is 12.7. The van der Waals surface area contributed by atoms with Crippen LogP contribution in [0.2, 0.25) is 0 Å². The van der Waals surface area contributed by atoms with Gasteiger partial charge in [0.05, 0.1) is 13.2 Å². The second-order valence-corrected chi connectivity index (χ2v) is 6.25. The minimum Gasteiger partial charge on any atom is -0.466 e. The van der Waals surface area contributed by atoms with Gasteiger partial charge in [-0.3, -0.25) is 0 Å². The molecule has 0 saturated carbocycles. The molecule has 0 unspecified atom stereocenters. The van der Waals surface area contributed by atoms with Crippen LogP contribution in [0.3, 0.4) is 0 Å². The van der Waals surface area contributed by atoms with Crippen molar-refractivity contribution in [1.82, 2.24) is 0 Å². The molecule has 110 valence electrons. The zero-order valence-electron chi connectivity index (χ0n) is 12.7. The van der Waals surface area contributed by atoms with Crippen molar-refractivity contribution in [2.24, 2.45) is 17.8 Å². The summed E-state index contributed by atoms with van der Waals surface area (Å²) in [5.41, 5.74) is 0.814. The predicted molar refractivity (Wildman–Crippen MR) is 76.7 cm³/mol. The summed E-state index contributed by atoms with van der Waals surface area (Å²) in [6.07, 6.45) is 6.33. The van der Waals surface area contributed by atoms with E-state index in [1.54, 1.807) is 0 Å². The minimum atomic E-state index is -0.194. The van der Waals surface area contributed by atoms with E-state index in [1.165, 1.54) is 7.11 Å². The average molecular weight is 268 g/mol. The molecular weight excluding hydrogens is 240 g/mol. The smallest absolute Gasteiger partial charge is 0.333 e. The monoisotopic (exact) mass is 268 g/mol. The van der Waals surface area contributed by atoms with Crippen LogP contribution in [0.25, 0.3) is 0 Å². The summed E-state index contributed by atoms with van der Waals surface area (Å²) in [5.74, 6) is 1.43. The molecule has 0 aromatic rings. The Kier molecular flexibility index (Phi) is 6.56. The molecular formula is C16H28O3. The van der Waals surface area contributed by atoms with Gasteiger partial charge in [-0.05, 0) is 49.9 Å². The number of hydrogen-bond donors (Lipinski definition) is 1. The second-order valence-electron chi connectivity index (χ2n) is 6.25. The third-order valence-electron chi connectivity index (χ3n) is 4.09. The Bertz CT molecular complexity index is 320. The predicted octanol–water partition coefficient (Wildman–Crippen LogP) is 3.32. The highest BCUT2D eigenvalue weighted by Crippen LogP contribution is 2.32. The number of allylic oxidation sites excluding steroid dienone is 1. The van der Waals surface area contributed by atoms with E-state index in [0.717, 1.165) is 37.7 Å². The molecule has 0 aromatic carbocycles. The minimum absolute atomic E-state index is 0.189. The maximum absolute atomic E-state index is 11.4. The highest BCUT2D eigenvalue weighted by Gasteiger charge is 2.25.